The van der Waals surface area contributed by atoms with Crippen LogP contribution in [0.1, 0.15) is 24.0 Å². The lowest BCUT2D eigenvalue weighted by molar-refractivity contribution is 0.400. The minimum atomic E-state index is -0.175. The van der Waals surface area contributed by atoms with Crippen LogP contribution in [-0.4, -0.2) is 16.1 Å². The molecule has 2 nitrogen and oxygen atoms in total. The van der Waals surface area contributed by atoms with Crippen LogP contribution in [0, 0.1) is 12.7 Å². The van der Waals surface area contributed by atoms with Crippen molar-refractivity contribution in [2.45, 2.75) is 32.4 Å². The largest absolute Gasteiger partial charge is 0.342 e. The van der Waals surface area contributed by atoms with Crippen molar-refractivity contribution in [3.05, 3.63) is 65.5 Å². The zero-order valence-electron chi connectivity index (χ0n) is 12.6. The fourth-order valence-electron chi connectivity index (χ4n) is 2.48. The summed E-state index contributed by atoms with van der Waals surface area (Å²) < 4.78 is 13.9. The van der Waals surface area contributed by atoms with Crippen LogP contribution in [0.2, 0.25) is 0 Å². The van der Waals surface area contributed by atoms with Gasteiger partial charge in [0.2, 0.25) is 0 Å². The molecule has 0 unspecified atom stereocenters. The van der Waals surface area contributed by atoms with Crippen LogP contribution in [0.25, 0.3) is 0 Å². The van der Waals surface area contributed by atoms with E-state index in [-0.39, 0.29) is 5.82 Å². The molecule has 0 aliphatic heterocycles. The molecule has 3 rings (SSSR count). The Morgan fingerprint density at radius 3 is 2.68 bits per heavy atom. The van der Waals surface area contributed by atoms with Gasteiger partial charge >= 0.3 is 0 Å². The maximum absolute atomic E-state index is 13.9. The Bertz CT molecular complexity index is 682. The fraction of sp³-hybridized carbons (Fsp3) is 0.278. The molecule has 4 heteroatoms. The summed E-state index contributed by atoms with van der Waals surface area (Å²) in [6, 6.07) is 15.4. The molecule has 0 atom stereocenters. The van der Waals surface area contributed by atoms with Gasteiger partial charge in [-0.15, -0.1) is 0 Å². The molecule has 1 saturated carbocycles. The van der Waals surface area contributed by atoms with Crippen LogP contribution in [0.3, 0.4) is 0 Å². The van der Waals surface area contributed by atoms with E-state index in [1.54, 1.807) is 6.07 Å². The minimum Gasteiger partial charge on any atom is -0.342 e. The topological polar surface area (TPSA) is 15.3 Å². The lowest BCUT2D eigenvalue weighted by Crippen LogP contribution is -2.36. The second-order valence-electron chi connectivity index (χ2n) is 5.75. The molecule has 0 heterocycles. The maximum atomic E-state index is 13.9. The van der Waals surface area contributed by atoms with E-state index in [9.17, 15) is 4.39 Å². The molecule has 0 bridgehead atoms. The Morgan fingerprint density at radius 2 is 2.00 bits per heavy atom. The van der Waals surface area contributed by atoms with Crippen LogP contribution in [0.5, 0.6) is 0 Å². The molecule has 0 radical (unpaired) electrons. The van der Waals surface area contributed by atoms with Gasteiger partial charge in [-0.3, -0.25) is 0 Å². The lowest BCUT2D eigenvalue weighted by Gasteiger charge is -2.26. The number of hydrogen-bond donors (Lipinski definition) is 1. The van der Waals surface area contributed by atoms with Crippen molar-refractivity contribution < 1.29 is 4.39 Å². The number of hydrogen-bond acceptors (Lipinski definition) is 1. The van der Waals surface area contributed by atoms with E-state index in [2.05, 4.69) is 16.3 Å². The molecule has 1 fully saturated rings. The van der Waals surface area contributed by atoms with E-state index in [0.29, 0.717) is 23.3 Å². The summed E-state index contributed by atoms with van der Waals surface area (Å²) in [4.78, 5) is 2.09. The highest BCUT2D eigenvalue weighted by atomic mass is 32.1. The van der Waals surface area contributed by atoms with Gasteiger partial charge in [0.1, 0.15) is 5.82 Å². The second kappa shape index (κ2) is 6.44. The lowest BCUT2D eigenvalue weighted by atomic mass is 10.2. The van der Waals surface area contributed by atoms with E-state index in [0.717, 1.165) is 18.5 Å². The van der Waals surface area contributed by atoms with E-state index < -0.39 is 0 Å². The highest BCUT2D eigenvalue weighted by Crippen LogP contribution is 2.29. The Balaban J connectivity index is 1.74. The Kier molecular flexibility index (Phi) is 4.39. The van der Waals surface area contributed by atoms with E-state index in [4.69, 9.17) is 12.2 Å². The van der Waals surface area contributed by atoms with Crippen LogP contribution >= 0.6 is 12.2 Å². The van der Waals surface area contributed by atoms with Crippen molar-refractivity contribution in [1.29, 1.82) is 0 Å². The number of thiocarbonyl (C=S) groups is 1. The smallest absolute Gasteiger partial charge is 0.173 e. The molecule has 1 aliphatic rings. The summed E-state index contributed by atoms with van der Waals surface area (Å²) in [7, 11) is 0. The Hall–Kier alpha value is -1.94. The van der Waals surface area contributed by atoms with Gasteiger partial charge in [-0.25, -0.2) is 4.39 Å². The predicted octanol–water partition coefficient (Wildman–Crippen LogP) is 4.50. The SMILES string of the molecule is Cc1cccc(NC(=S)N(Cc2ccccc2F)C2CC2)c1. The van der Waals surface area contributed by atoms with Crippen molar-refractivity contribution in [1.82, 2.24) is 4.90 Å². The van der Waals surface area contributed by atoms with Gasteiger partial charge in [-0.2, -0.15) is 0 Å². The third-order valence-corrected chi connectivity index (χ3v) is 4.15. The van der Waals surface area contributed by atoms with Crippen molar-refractivity contribution in [2.24, 2.45) is 0 Å². The zero-order valence-corrected chi connectivity index (χ0v) is 13.4. The van der Waals surface area contributed by atoms with E-state index in [1.807, 2.05) is 37.3 Å². The molecule has 0 saturated heterocycles. The molecule has 114 valence electrons. The summed E-state index contributed by atoms with van der Waals surface area (Å²) in [5.74, 6) is -0.175. The number of anilines is 1. The van der Waals surface area contributed by atoms with Crippen LogP contribution in [-0.2, 0) is 6.54 Å². The molecule has 0 aromatic heterocycles. The molecule has 2 aromatic carbocycles. The van der Waals surface area contributed by atoms with E-state index >= 15 is 0 Å². The first-order valence-corrected chi connectivity index (χ1v) is 7.92. The van der Waals surface area contributed by atoms with Crippen molar-refractivity contribution in [3.63, 3.8) is 0 Å². The first-order chi connectivity index (χ1) is 10.6. The Morgan fingerprint density at radius 1 is 1.23 bits per heavy atom. The summed E-state index contributed by atoms with van der Waals surface area (Å²) in [6.07, 6.45) is 2.23. The van der Waals surface area contributed by atoms with Gasteiger partial charge in [0, 0.05) is 23.8 Å². The van der Waals surface area contributed by atoms with Crippen LogP contribution in [0.4, 0.5) is 10.1 Å². The first-order valence-electron chi connectivity index (χ1n) is 7.51. The van der Waals surface area contributed by atoms with Gasteiger partial charge in [0.25, 0.3) is 0 Å². The van der Waals surface area contributed by atoms with Crippen LogP contribution < -0.4 is 5.32 Å². The van der Waals surface area contributed by atoms with Gasteiger partial charge in [-0.05, 0) is 55.7 Å². The predicted molar refractivity (Wildman–Crippen MR) is 92.4 cm³/mol. The summed E-state index contributed by atoms with van der Waals surface area (Å²) in [5, 5.41) is 3.94. The minimum absolute atomic E-state index is 0.175. The monoisotopic (exact) mass is 314 g/mol. The third-order valence-electron chi connectivity index (χ3n) is 3.82. The standard InChI is InChI=1S/C18H19FN2S/c1-13-5-4-7-15(11-13)20-18(22)21(16-9-10-16)12-14-6-2-3-8-17(14)19/h2-8,11,16H,9-10,12H2,1H3,(H,20,22). The quantitative estimate of drug-likeness (QED) is 0.837. The number of nitrogens with one attached hydrogen (secondary N) is 1. The zero-order chi connectivity index (χ0) is 15.5. The molecule has 1 aliphatic carbocycles. The molecule has 22 heavy (non-hydrogen) atoms. The van der Waals surface area contributed by atoms with Gasteiger partial charge in [-0.1, -0.05) is 30.3 Å². The van der Waals surface area contributed by atoms with Gasteiger partial charge < -0.3 is 10.2 Å². The number of rotatable bonds is 4. The van der Waals surface area contributed by atoms with Gasteiger partial charge in [0.05, 0.1) is 0 Å². The number of benzene rings is 2. The Labute approximate surface area is 136 Å². The molecule has 2 aromatic rings. The summed E-state index contributed by atoms with van der Waals surface area (Å²) in [6.45, 7) is 2.56. The normalized spacial score (nSPS) is 13.7. The van der Waals surface area contributed by atoms with Gasteiger partial charge in [0.15, 0.2) is 5.11 Å². The van der Waals surface area contributed by atoms with Crippen molar-refractivity contribution >= 4 is 23.0 Å². The first kappa shape index (κ1) is 15.0. The number of nitrogens with zero attached hydrogens (tertiary/aromatic N) is 1. The average Bonchev–Trinajstić information content (AvgIpc) is 3.31. The van der Waals surface area contributed by atoms with Crippen molar-refractivity contribution in [3.8, 4) is 0 Å². The molecule has 0 amide bonds. The van der Waals surface area contributed by atoms with Crippen molar-refractivity contribution in [2.75, 3.05) is 5.32 Å². The molecule has 0 spiro atoms. The average molecular weight is 314 g/mol. The fourth-order valence-corrected chi connectivity index (χ4v) is 2.81. The van der Waals surface area contributed by atoms with Crippen LogP contribution in [0.15, 0.2) is 48.5 Å². The number of halogens is 1. The van der Waals surface area contributed by atoms with E-state index in [1.165, 1.54) is 11.6 Å². The highest BCUT2D eigenvalue weighted by Gasteiger charge is 2.31. The molecule has 1 N–H and O–H groups in total. The highest BCUT2D eigenvalue weighted by molar-refractivity contribution is 7.80. The number of aryl methyl sites for hydroxylation is 1. The second-order valence-corrected chi connectivity index (χ2v) is 6.14. The molecular formula is C18H19FN2S. The third kappa shape index (κ3) is 3.63. The summed E-state index contributed by atoms with van der Waals surface area (Å²) in [5.41, 5.74) is 2.84. The molecular weight excluding hydrogens is 295 g/mol. The summed E-state index contributed by atoms with van der Waals surface area (Å²) >= 11 is 5.55. The maximum Gasteiger partial charge on any atom is 0.173 e.